The predicted octanol–water partition coefficient (Wildman–Crippen LogP) is 3.22. The van der Waals surface area contributed by atoms with E-state index in [1.54, 1.807) is 12.5 Å². The van der Waals surface area contributed by atoms with Crippen molar-refractivity contribution in [2.24, 2.45) is 0 Å². The number of nitrogens with two attached hydrogens (primary N) is 1. The summed E-state index contributed by atoms with van der Waals surface area (Å²) in [6.45, 7) is 0. The van der Waals surface area contributed by atoms with Crippen LogP contribution in [0.4, 0.5) is 11.5 Å². The van der Waals surface area contributed by atoms with Crippen LogP contribution in [0.3, 0.4) is 0 Å². The van der Waals surface area contributed by atoms with Gasteiger partial charge in [-0.2, -0.15) is 0 Å². The molecule has 0 spiro atoms. The topological polar surface area (TPSA) is 88.8 Å². The predicted molar refractivity (Wildman–Crippen MR) is 106 cm³/mol. The SMILES string of the molecule is CNC1CCC(Nc2ncnc3ccc(-c4cncc(N)c4)cc23)CC1. The number of nitrogens with one attached hydrogen (secondary N) is 2. The molecule has 4 N–H and O–H groups in total. The Morgan fingerprint density at radius 3 is 2.54 bits per heavy atom. The smallest absolute Gasteiger partial charge is 0.137 e. The Balaban J connectivity index is 1.64. The minimum Gasteiger partial charge on any atom is -0.397 e. The molecule has 26 heavy (non-hydrogen) atoms. The van der Waals surface area contributed by atoms with Gasteiger partial charge >= 0.3 is 0 Å². The van der Waals surface area contributed by atoms with Crippen LogP contribution in [0, 0.1) is 0 Å². The van der Waals surface area contributed by atoms with Crippen molar-refractivity contribution in [3.63, 3.8) is 0 Å². The number of anilines is 2. The summed E-state index contributed by atoms with van der Waals surface area (Å²) < 4.78 is 0. The molecule has 0 amide bonds. The summed E-state index contributed by atoms with van der Waals surface area (Å²) in [4.78, 5) is 13.1. The summed E-state index contributed by atoms with van der Waals surface area (Å²) in [6.07, 6.45) is 9.79. The molecule has 2 heterocycles. The van der Waals surface area contributed by atoms with Crippen molar-refractivity contribution >= 4 is 22.4 Å². The van der Waals surface area contributed by atoms with Gasteiger partial charge in [-0.15, -0.1) is 0 Å². The molecule has 0 radical (unpaired) electrons. The fraction of sp³-hybridized carbons (Fsp3) is 0.350. The van der Waals surface area contributed by atoms with Gasteiger partial charge in [0, 0.05) is 35.4 Å². The molecule has 134 valence electrons. The zero-order chi connectivity index (χ0) is 17.9. The lowest BCUT2D eigenvalue weighted by atomic mass is 9.91. The number of nitrogens with zero attached hydrogens (tertiary/aromatic N) is 3. The molecular formula is C20H24N6. The van der Waals surface area contributed by atoms with E-state index in [0.717, 1.165) is 40.7 Å². The summed E-state index contributed by atoms with van der Waals surface area (Å²) in [5.74, 6) is 0.904. The number of hydrogen-bond acceptors (Lipinski definition) is 6. The van der Waals surface area contributed by atoms with E-state index in [-0.39, 0.29) is 0 Å². The van der Waals surface area contributed by atoms with Crippen molar-refractivity contribution in [1.29, 1.82) is 0 Å². The molecule has 4 rings (SSSR count). The van der Waals surface area contributed by atoms with Crippen molar-refractivity contribution in [3.05, 3.63) is 43.0 Å². The Hall–Kier alpha value is -2.73. The van der Waals surface area contributed by atoms with E-state index in [2.05, 4.69) is 31.7 Å². The second kappa shape index (κ2) is 7.25. The largest absolute Gasteiger partial charge is 0.397 e. The summed E-state index contributed by atoms with van der Waals surface area (Å²) in [5.41, 5.74) is 9.54. The van der Waals surface area contributed by atoms with Crippen LogP contribution in [-0.2, 0) is 0 Å². The Kier molecular flexibility index (Phi) is 4.67. The van der Waals surface area contributed by atoms with E-state index in [1.807, 2.05) is 31.4 Å². The summed E-state index contributed by atoms with van der Waals surface area (Å²) in [5, 5.41) is 8.05. The average Bonchev–Trinajstić information content (AvgIpc) is 2.68. The second-order valence-corrected chi connectivity index (χ2v) is 6.94. The van der Waals surface area contributed by atoms with Gasteiger partial charge < -0.3 is 16.4 Å². The van der Waals surface area contributed by atoms with Gasteiger partial charge in [-0.3, -0.25) is 4.98 Å². The maximum atomic E-state index is 5.88. The highest BCUT2D eigenvalue weighted by atomic mass is 15.0. The lowest BCUT2D eigenvalue weighted by Gasteiger charge is -2.29. The molecule has 2 aromatic heterocycles. The molecule has 0 saturated heterocycles. The molecule has 0 unspecified atom stereocenters. The molecule has 1 saturated carbocycles. The van der Waals surface area contributed by atoms with E-state index < -0.39 is 0 Å². The van der Waals surface area contributed by atoms with Gasteiger partial charge in [0.05, 0.1) is 11.2 Å². The molecule has 0 bridgehead atoms. The fourth-order valence-electron chi connectivity index (χ4n) is 3.69. The molecule has 6 nitrogen and oxygen atoms in total. The van der Waals surface area contributed by atoms with Crippen molar-refractivity contribution < 1.29 is 0 Å². The number of hydrogen-bond donors (Lipinski definition) is 3. The number of pyridine rings is 1. The first-order chi connectivity index (χ1) is 12.7. The number of benzene rings is 1. The Labute approximate surface area is 153 Å². The molecule has 1 aliphatic carbocycles. The lowest BCUT2D eigenvalue weighted by Crippen LogP contribution is -2.35. The second-order valence-electron chi connectivity index (χ2n) is 6.94. The normalized spacial score (nSPS) is 20.2. The third-order valence-corrected chi connectivity index (χ3v) is 5.20. The highest BCUT2D eigenvalue weighted by molar-refractivity contribution is 5.92. The number of rotatable bonds is 4. The first kappa shape index (κ1) is 16.7. The van der Waals surface area contributed by atoms with Crippen LogP contribution < -0.4 is 16.4 Å². The lowest BCUT2D eigenvalue weighted by molar-refractivity contribution is 0.371. The van der Waals surface area contributed by atoms with Gasteiger partial charge in [-0.25, -0.2) is 9.97 Å². The first-order valence-electron chi connectivity index (χ1n) is 9.12. The molecule has 1 aliphatic rings. The Morgan fingerprint density at radius 2 is 1.77 bits per heavy atom. The van der Waals surface area contributed by atoms with Crippen molar-refractivity contribution in [2.75, 3.05) is 18.1 Å². The first-order valence-corrected chi connectivity index (χ1v) is 9.12. The fourth-order valence-corrected chi connectivity index (χ4v) is 3.69. The summed E-state index contributed by atoms with van der Waals surface area (Å²) in [6, 6.07) is 9.22. The van der Waals surface area contributed by atoms with Gasteiger partial charge in [-0.1, -0.05) is 6.07 Å². The van der Waals surface area contributed by atoms with Gasteiger partial charge in [0.1, 0.15) is 12.1 Å². The van der Waals surface area contributed by atoms with E-state index in [1.165, 1.54) is 12.8 Å². The van der Waals surface area contributed by atoms with E-state index in [9.17, 15) is 0 Å². The minimum absolute atomic E-state index is 0.454. The van der Waals surface area contributed by atoms with Crippen LogP contribution in [0.5, 0.6) is 0 Å². The molecule has 0 atom stereocenters. The zero-order valence-corrected chi connectivity index (χ0v) is 14.9. The summed E-state index contributed by atoms with van der Waals surface area (Å²) in [7, 11) is 2.04. The van der Waals surface area contributed by atoms with Crippen molar-refractivity contribution in [1.82, 2.24) is 20.3 Å². The van der Waals surface area contributed by atoms with E-state index in [0.29, 0.717) is 17.8 Å². The zero-order valence-electron chi connectivity index (χ0n) is 14.9. The maximum absolute atomic E-state index is 5.88. The third-order valence-electron chi connectivity index (χ3n) is 5.20. The van der Waals surface area contributed by atoms with Crippen LogP contribution in [0.2, 0.25) is 0 Å². The molecular weight excluding hydrogens is 324 g/mol. The molecule has 1 fully saturated rings. The molecule has 1 aromatic carbocycles. The van der Waals surface area contributed by atoms with Gasteiger partial charge in [0.15, 0.2) is 0 Å². The van der Waals surface area contributed by atoms with Crippen LogP contribution in [0.25, 0.3) is 22.0 Å². The monoisotopic (exact) mass is 348 g/mol. The molecule has 0 aliphatic heterocycles. The summed E-state index contributed by atoms with van der Waals surface area (Å²) >= 11 is 0. The molecule has 6 heteroatoms. The standard InChI is InChI=1S/C20H24N6/c1-22-16-3-5-17(6-4-16)26-20-18-9-13(2-7-19(18)24-12-25-20)14-8-15(21)11-23-10-14/h2,7-12,16-17,22H,3-6,21H2,1H3,(H,24,25,26). The number of aromatic nitrogens is 3. The van der Waals surface area contributed by atoms with Crippen molar-refractivity contribution in [3.8, 4) is 11.1 Å². The quantitative estimate of drug-likeness (QED) is 0.671. The van der Waals surface area contributed by atoms with Gasteiger partial charge in [0.2, 0.25) is 0 Å². The third kappa shape index (κ3) is 3.46. The van der Waals surface area contributed by atoms with Crippen LogP contribution in [0.1, 0.15) is 25.7 Å². The highest BCUT2D eigenvalue weighted by Crippen LogP contribution is 2.29. The van der Waals surface area contributed by atoms with Crippen molar-refractivity contribution in [2.45, 2.75) is 37.8 Å². The average molecular weight is 348 g/mol. The number of nitrogen functional groups attached to an aromatic ring is 1. The van der Waals surface area contributed by atoms with E-state index in [4.69, 9.17) is 5.73 Å². The van der Waals surface area contributed by atoms with E-state index >= 15 is 0 Å². The van der Waals surface area contributed by atoms with Crippen LogP contribution in [-0.4, -0.2) is 34.1 Å². The molecule has 3 aromatic rings. The van der Waals surface area contributed by atoms with Gasteiger partial charge in [0.25, 0.3) is 0 Å². The van der Waals surface area contributed by atoms with Crippen LogP contribution >= 0.6 is 0 Å². The maximum Gasteiger partial charge on any atom is 0.137 e. The number of fused-ring (bicyclic) bond motifs is 1. The Bertz CT molecular complexity index is 902. The van der Waals surface area contributed by atoms with Gasteiger partial charge in [-0.05, 0) is 56.5 Å². The Morgan fingerprint density at radius 1 is 0.962 bits per heavy atom. The highest BCUT2D eigenvalue weighted by Gasteiger charge is 2.20. The van der Waals surface area contributed by atoms with Crippen LogP contribution in [0.15, 0.2) is 43.0 Å². The minimum atomic E-state index is 0.454.